The molecule has 0 fully saturated rings. The highest BCUT2D eigenvalue weighted by atomic mass is 16.6. The second-order valence-electron chi connectivity index (χ2n) is 5.45. The molecule has 0 aliphatic rings. The van der Waals surface area contributed by atoms with E-state index in [1.807, 2.05) is 0 Å². The van der Waals surface area contributed by atoms with Crippen LogP contribution in [0, 0.1) is 0 Å². The lowest BCUT2D eigenvalue weighted by Crippen LogP contribution is -2.24. The molecule has 1 N–H and O–H groups in total. The highest BCUT2D eigenvalue weighted by Crippen LogP contribution is 2.28. The van der Waals surface area contributed by atoms with Crippen molar-refractivity contribution in [2.75, 3.05) is 14.2 Å². The molecule has 1 unspecified atom stereocenters. The first-order chi connectivity index (χ1) is 9.25. The largest absolute Gasteiger partial charge is 0.497 e. The Hall–Kier alpha value is -1.75. The molecule has 0 saturated heterocycles. The van der Waals surface area contributed by atoms with E-state index in [-0.39, 0.29) is 6.42 Å². The van der Waals surface area contributed by atoms with Gasteiger partial charge in [-0.25, -0.2) is 0 Å². The quantitative estimate of drug-likeness (QED) is 0.840. The average molecular weight is 282 g/mol. The molecule has 0 aromatic heterocycles. The fourth-order valence-electron chi connectivity index (χ4n) is 1.68. The summed E-state index contributed by atoms with van der Waals surface area (Å²) in [5, 5.41) is 10.1. The highest BCUT2D eigenvalue weighted by Gasteiger charge is 2.21. The van der Waals surface area contributed by atoms with E-state index in [9.17, 15) is 9.90 Å². The van der Waals surface area contributed by atoms with Gasteiger partial charge in [0.1, 0.15) is 17.1 Å². The molecule has 0 spiro atoms. The summed E-state index contributed by atoms with van der Waals surface area (Å²) in [7, 11) is 3.05. The highest BCUT2D eigenvalue weighted by molar-refractivity contribution is 5.70. The van der Waals surface area contributed by atoms with Crippen LogP contribution in [0.1, 0.15) is 38.9 Å². The van der Waals surface area contributed by atoms with Gasteiger partial charge in [0.05, 0.1) is 26.7 Å². The van der Waals surface area contributed by atoms with Gasteiger partial charge >= 0.3 is 5.97 Å². The zero-order valence-electron chi connectivity index (χ0n) is 12.6. The van der Waals surface area contributed by atoms with Crippen LogP contribution in [0.15, 0.2) is 18.2 Å². The van der Waals surface area contributed by atoms with Crippen LogP contribution in [0.2, 0.25) is 0 Å². The van der Waals surface area contributed by atoms with Gasteiger partial charge in [0.15, 0.2) is 0 Å². The Morgan fingerprint density at radius 3 is 2.05 bits per heavy atom. The Kier molecular flexibility index (Phi) is 5.39. The minimum atomic E-state index is -0.964. The normalized spacial score (nSPS) is 12.7. The van der Waals surface area contributed by atoms with Crippen LogP contribution < -0.4 is 9.47 Å². The van der Waals surface area contributed by atoms with Crippen molar-refractivity contribution in [1.29, 1.82) is 0 Å². The number of rotatable bonds is 5. The van der Waals surface area contributed by atoms with Gasteiger partial charge in [-0.3, -0.25) is 4.79 Å². The van der Waals surface area contributed by atoms with Crippen molar-refractivity contribution in [2.45, 2.75) is 38.9 Å². The Bertz CT molecular complexity index is 440. The molecule has 0 aliphatic carbocycles. The molecule has 0 saturated carbocycles. The Morgan fingerprint density at radius 2 is 1.65 bits per heavy atom. The van der Waals surface area contributed by atoms with Crippen molar-refractivity contribution in [2.24, 2.45) is 0 Å². The van der Waals surface area contributed by atoms with Crippen LogP contribution in [-0.4, -0.2) is 30.9 Å². The summed E-state index contributed by atoms with van der Waals surface area (Å²) in [5.41, 5.74) is -0.0184. The number of benzene rings is 1. The number of carbonyl (C=O) groups is 1. The van der Waals surface area contributed by atoms with E-state index in [1.54, 1.807) is 39.0 Å². The van der Waals surface area contributed by atoms with Crippen molar-refractivity contribution in [3.8, 4) is 11.5 Å². The van der Waals surface area contributed by atoms with Gasteiger partial charge in [-0.15, -0.1) is 0 Å². The van der Waals surface area contributed by atoms with Gasteiger partial charge in [0, 0.05) is 6.07 Å². The van der Waals surface area contributed by atoms with Crippen molar-refractivity contribution in [1.82, 2.24) is 0 Å². The Morgan fingerprint density at radius 1 is 1.15 bits per heavy atom. The molecule has 20 heavy (non-hydrogen) atoms. The average Bonchev–Trinajstić information content (AvgIpc) is 2.35. The SMILES string of the molecule is COc1cc(OC)cc(C(O)CC(=O)OC(C)(C)C)c1. The van der Waals surface area contributed by atoms with Gasteiger partial charge in [-0.05, 0) is 38.5 Å². The van der Waals surface area contributed by atoms with Crippen LogP contribution in [-0.2, 0) is 9.53 Å². The van der Waals surface area contributed by atoms with E-state index < -0.39 is 17.7 Å². The predicted molar refractivity (Wildman–Crippen MR) is 75.0 cm³/mol. The lowest BCUT2D eigenvalue weighted by molar-refractivity contribution is -0.157. The molecule has 1 rings (SSSR count). The summed E-state index contributed by atoms with van der Waals surface area (Å²) in [4.78, 5) is 11.7. The van der Waals surface area contributed by atoms with Gasteiger partial charge < -0.3 is 19.3 Å². The van der Waals surface area contributed by atoms with E-state index in [0.29, 0.717) is 17.1 Å². The molecule has 5 heteroatoms. The van der Waals surface area contributed by atoms with E-state index in [2.05, 4.69) is 0 Å². The summed E-state index contributed by atoms with van der Waals surface area (Å²) < 4.78 is 15.4. The summed E-state index contributed by atoms with van der Waals surface area (Å²) in [6.07, 6.45) is -1.08. The van der Waals surface area contributed by atoms with Crippen LogP contribution in [0.5, 0.6) is 11.5 Å². The van der Waals surface area contributed by atoms with E-state index in [4.69, 9.17) is 14.2 Å². The summed E-state index contributed by atoms with van der Waals surface area (Å²) >= 11 is 0. The molecule has 0 amide bonds. The van der Waals surface area contributed by atoms with E-state index in [0.717, 1.165) is 0 Å². The minimum absolute atomic E-state index is 0.117. The second-order valence-corrected chi connectivity index (χ2v) is 5.45. The first-order valence-electron chi connectivity index (χ1n) is 6.38. The lowest BCUT2D eigenvalue weighted by atomic mass is 10.1. The smallest absolute Gasteiger partial charge is 0.309 e. The Labute approximate surface area is 119 Å². The summed E-state index contributed by atoms with van der Waals surface area (Å²) in [5.74, 6) is 0.664. The molecule has 5 nitrogen and oxygen atoms in total. The fourth-order valence-corrected chi connectivity index (χ4v) is 1.68. The van der Waals surface area contributed by atoms with Crippen molar-refractivity contribution >= 4 is 5.97 Å². The first kappa shape index (κ1) is 16.3. The number of esters is 1. The molecule has 1 aromatic carbocycles. The number of ether oxygens (including phenoxy) is 3. The molecule has 0 heterocycles. The maximum atomic E-state index is 11.7. The topological polar surface area (TPSA) is 65.0 Å². The maximum absolute atomic E-state index is 11.7. The van der Waals surface area contributed by atoms with Crippen LogP contribution >= 0.6 is 0 Å². The fraction of sp³-hybridized carbons (Fsp3) is 0.533. The van der Waals surface area contributed by atoms with Crippen molar-refractivity contribution in [3.05, 3.63) is 23.8 Å². The third-order valence-corrected chi connectivity index (χ3v) is 2.54. The van der Waals surface area contributed by atoms with Gasteiger partial charge in [0.25, 0.3) is 0 Å². The standard InChI is InChI=1S/C15H22O5/c1-15(2,3)20-14(17)9-13(16)10-6-11(18-4)8-12(7-10)19-5/h6-8,13,16H,9H2,1-5H3. The molecular formula is C15H22O5. The molecule has 1 atom stereocenters. The molecule has 1 aromatic rings. The summed E-state index contributed by atoms with van der Waals surface area (Å²) in [6, 6.07) is 5.03. The van der Waals surface area contributed by atoms with Crippen molar-refractivity contribution in [3.63, 3.8) is 0 Å². The monoisotopic (exact) mass is 282 g/mol. The predicted octanol–water partition coefficient (Wildman–Crippen LogP) is 2.47. The third kappa shape index (κ3) is 5.09. The van der Waals surface area contributed by atoms with Crippen LogP contribution in [0.25, 0.3) is 0 Å². The Balaban J connectivity index is 2.81. The zero-order valence-corrected chi connectivity index (χ0v) is 12.6. The molecule has 112 valence electrons. The number of hydrogen-bond acceptors (Lipinski definition) is 5. The van der Waals surface area contributed by atoms with Gasteiger partial charge in [-0.2, -0.15) is 0 Å². The zero-order chi connectivity index (χ0) is 15.3. The maximum Gasteiger partial charge on any atom is 0.309 e. The van der Waals surface area contributed by atoms with Gasteiger partial charge in [-0.1, -0.05) is 0 Å². The van der Waals surface area contributed by atoms with Gasteiger partial charge in [0.2, 0.25) is 0 Å². The number of aliphatic hydroxyl groups excluding tert-OH is 1. The molecular weight excluding hydrogens is 260 g/mol. The first-order valence-corrected chi connectivity index (χ1v) is 6.38. The van der Waals surface area contributed by atoms with Crippen LogP contribution in [0.4, 0.5) is 0 Å². The third-order valence-electron chi connectivity index (χ3n) is 2.54. The molecule has 0 bridgehead atoms. The van der Waals surface area contributed by atoms with E-state index in [1.165, 1.54) is 14.2 Å². The van der Waals surface area contributed by atoms with Crippen molar-refractivity contribution < 1.29 is 24.1 Å². The molecule has 0 aliphatic heterocycles. The number of hydrogen-bond donors (Lipinski definition) is 1. The van der Waals surface area contributed by atoms with Crippen LogP contribution in [0.3, 0.4) is 0 Å². The number of methoxy groups -OCH3 is 2. The van der Waals surface area contributed by atoms with E-state index >= 15 is 0 Å². The number of carbonyl (C=O) groups excluding carboxylic acids is 1. The number of aliphatic hydroxyl groups is 1. The minimum Gasteiger partial charge on any atom is -0.497 e. The molecule has 0 radical (unpaired) electrons. The lowest BCUT2D eigenvalue weighted by Gasteiger charge is -2.21. The second kappa shape index (κ2) is 6.61. The summed E-state index contributed by atoms with van der Waals surface area (Å²) in [6.45, 7) is 5.35.